The van der Waals surface area contributed by atoms with Gasteiger partial charge in [0.25, 0.3) is 0 Å². The van der Waals surface area contributed by atoms with Gasteiger partial charge in [0, 0.05) is 25.6 Å². The molecule has 2 rings (SSSR count). The maximum atomic E-state index is 9.52. The lowest BCUT2D eigenvalue weighted by atomic mass is 10.3. The molecule has 1 unspecified atom stereocenters. The second kappa shape index (κ2) is 5.31. The van der Waals surface area contributed by atoms with Crippen molar-refractivity contribution >= 4 is 11.6 Å². The standard InChI is InChI=1S/C12H20N4O/c1-3-9(17)7-14-11-6-10(13-2)15-12(16-11)8-4-5-8/h6,8-9,17H,3-5,7H2,1-2H3,(H2,13,14,15,16). The van der Waals surface area contributed by atoms with E-state index in [0.29, 0.717) is 12.5 Å². The molecule has 94 valence electrons. The van der Waals surface area contributed by atoms with Crippen LogP contribution in [-0.4, -0.2) is 34.8 Å². The Balaban J connectivity index is 2.06. The Morgan fingerprint density at radius 1 is 1.41 bits per heavy atom. The first-order chi connectivity index (χ1) is 8.22. The third-order valence-corrected chi connectivity index (χ3v) is 2.93. The molecule has 0 aromatic carbocycles. The highest BCUT2D eigenvalue weighted by Crippen LogP contribution is 2.38. The summed E-state index contributed by atoms with van der Waals surface area (Å²) in [6.07, 6.45) is 2.79. The summed E-state index contributed by atoms with van der Waals surface area (Å²) >= 11 is 0. The topological polar surface area (TPSA) is 70.1 Å². The van der Waals surface area contributed by atoms with Crippen molar-refractivity contribution in [2.45, 2.75) is 38.2 Å². The van der Waals surface area contributed by atoms with E-state index >= 15 is 0 Å². The molecule has 1 saturated carbocycles. The Hall–Kier alpha value is -1.36. The maximum absolute atomic E-state index is 9.52. The highest BCUT2D eigenvalue weighted by Gasteiger charge is 2.27. The number of nitrogens with one attached hydrogen (secondary N) is 2. The summed E-state index contributed by atoms with van der Waals surface area (Å²) < 4.78 is 0. The van der Waals surface area contributed by atoms with Crippen LogP contribution < -0.4 is 10.6 Å². The summed E-state index contributed by atoms with van der Waals surface area (Å²) in [6, 6.07) is 1.87. The molecule has 0 aliphatic heterocycles. The van der Waals surface area contributed by atoms with Gasteiger partial charge in [0.1, 0.15) is 17.5 Å². The monoisotopic (exact) mass is 236 g/mol. The summed E-state index contributed by atoms with van der Waals surface area (Å²) in [5.74, 6) is 3.06. The first kappa shape index (κ1) is 12.1. The van der Waals surface area contributed by atoms with E-state index in [9.17, 15) is 5.11 Å². The summed E-state index contributed by atoms with van der Waals surface area (Å²) in [5.41, 5.74) is 0. The van der Waals surface area contributed by atoms with Gasteiger partial charge in [-0.3, -0.25) is 0 Å². The number of rotatable bonds is 6. The van der Waals surface area contributed by atoms with Gasteiger partial charge in [-0.15, -0.1) is 0 Å². The number of aromatic nitrogens is 2. The molecule has 0 amide bonds. The van der Waals surface area contributed by atoms with E-state index in [1.165, 1.54) is 12.8 Å². The van der Waals surface area contributed by atoms with Gasteiger partial charge in [-0.2, -0.15) is 0 Å². The van der Waals surface area contributed by atoms with Crippen LogP contribution in [0.15, 0.2) is 6.07 Å². The molecule has 0 saturated heterocycles. The van der Waals surface area contributed by atoms with E-state index in [1.54, 1.807) is 0 Å². The number of aliphatic hydroxyl groups is 1. The Labute approximate surface area is 102 Å². The molecule has 5 heteroatoms. The Bertz CT molecular complexity index is 379. The number of hydrogen-bond acceptors (Lipinski definition) is 5. The second-order valence-electron chi connectivity index (χ2n) is 4.46. The normalized spacial score (nSPS) is 16.6. The molecule has 17 heavy (non-hydrogen) atoms. The zero-order valence-corrected chi connectivity index (χ0v) is 10.4. The van der Waals surface area contributed by atoms with Crippen molar-refractivity contribution in [2.75, 3.05) is 24.2 Å². The summed E-state index contributed by atoms with van der Waals surface area (Å²) in [7, 11) is 1.85. The lowest BCUT2D eigenvalue weighted by Crippen LogP contribution is -2.19. The lowest BCUT2D eigenvalue weighted by molar-refractivity contribution is 0.183. The van der Waals surface area contributed by atoms with Crippen LogP contribution in [0.5, 0.6) is 0 Å². The molecule has 3 N–H and O–H groups in total. The van der Waals surface area contributed by atoms with Crippen LogP contribution in [0, 0.1) is 0 Å². The van der Waals surface area contributed by atoms with Gasteiger partial charge in [-0.05, 0) is 19.3 Å². The average Bonchev–Trinajstić information content (AvgIpc) is 3.19. The Kier molecular flexibility index (Phi) is 3.78. The zero-order valence-electron chi connectivity index (χ0n) is 10.4. The summed E-state index contributed by atoms with van der Waals surface area (Å²) in [5, 5.41) is 15.7. The van der Waals surface area contributed by atoms with Crippen LogP contribution in [0.2, 0.25) is 0 Å². The number of aliphatic hydroxyl groups excluding tert-OH is 1. The van der Waals surface area contributed by atoms with Crippen molar-refractivity contribution in [2.24, 2.45) is 0 Å². The molecule has 0 radical (unpaired) electrons. The minimum Gasteiger partial charge on any atom is -0.391 e. The van der Waals surface area contributed by atoms with Crippen LogP contribution in [-0.2, 0) is 0 Å². The predicted molar refractivity (Wildman–Crippen MR) is 68.3 cm³/mol. The molecule has 0 bridgehead atoms. The highest BCUT2D eigenvalue weighted by atomic mass is 16.3. The molecular formula is C12H20N4O. The smallest absolute Gasteiger partial charge is 0.136 e. The van der Waals surface area contributed by atoms with Gasteiger partial charge in [0.15, 0.2) is 0 Å². The molecule has 1 aromatic rings. The van der Waals surface area contributed by atoms with E-state index < -0.39 is 0 Å². The Morgan fingerprint density at radius 2 is 2.12 bits per heavy atom. The quantitative estimate of drug-likeness (QED) is 0.699. The fraction of sp³-hybridized carbons (Fsp3) is 0.667. The van der Waals surface area contributed by atoms with Gasteiger partial charge in [0.2, 0.25) is 0 Å². The van der Waals surface area contributed by atoms with Crippen LogP contribution in [0.25, 0.3) is 0 Å². The van der Waals surface area contributed by atoms with Crippen molar-refractivity contribution in [1.29, 1.82) is 0 Å². The van der Waals surface area contributed by atoms with Gasteiger partial charge >= 0.3 is 0 Å². The molecule has 1 heterocycles. The fourth-order valence-corrected chi connectivity index (χ4v) is 1.58. The molecule has 1 atom stereocenters. The second-order valence-corrected chi connectivity index (χ2v) is 4.46. The lowest BCUT2D eigenvalue weighted by Gasteiger charge is -2.12. The van der Waals surface area contributed by atoms with Crippen LogP contribution in [0.4, 0.5) is 11.6 Å². The zero-order chi connectivity index (χ0) is 12.3. The third-order valence-electron chi connectivity index (χ3n) is 2.93. The van der Waals surface area contributed by atoms with Crippen molar-refractivity contribution in [3.63, 3.8) is 0 Å². The largest absolute Gasteiger partial charge is 0.391 e. The van der Waals surface area contributed by atoms with Crippen LogP contribution >= 0.6 is 0 Å². The van der Waals surface area contributed by atoms with E-state index in [0.717, 1.165) is 23.9 Å². The molecule has 1 fully saturated rings. The molecule has 1 aromatic heterocycles. The maximum Gasteiger partial charge on any atom is 0.136 e. The third kappa shape index (κ3) is 3.30. The van der Waals surface area contributed by atoms with Gasteiger partial charge in [0.05, 0.1) is 6.10 Å². The van der Waals surface area contributed by atoms with Gasteiger partial charge in [-0.1, -0.05) is 6.92 Å². The summed E-state index contributed by atoms with van der Waals surface area (Å²) in [6.45, 7) is 2.49. The van der Waals surface area contributed by atoms with Crippen molar-refractivity contribution in [3.8, 4) is 0 Å². The van der Waals surface area contributed by atoms with Crippen molar-refractivity contribution in [3.05, 3.63) is 11.9 Å². The van der Waals surface area contributed by atoms with Gasteiger partial charge < -0.3 is 15.7 Å². The van der Waals surface area contributed by atoms with Crippen molar-refractivity contribution < 1.29 is 5.11 Å². The predicted octanol–water partition coefficient (Wildman–Crippen LogP) is 1.58. The molecule has 1 aliphatic carbocycles. The van der Waals surface area contributed by atoms with E-state index in [2.05, 4.69) is 20.6 Å². The molecule has 0 spiro atoms. The van der Waals surface area contributed by atoms with Gasteiger partial charge in [-0.25, -0.2) is 9.97 Å². The molecular weight excluding hydrogens is 216 g/mol. The van der Waals surface area contributed by atoms with E-state index in [4.69, 9.17) is 0 Å². The van der Waals surface area contributed by atoms with E-state index in [1.807, 2.05) is 20.0 Å². The minimum atomic E-state index is -0.327. The van der Waals surface area contributed by atoms with Crippen molar-refractivity contribution in [1.82, 2.24) is 9.97 Å². The molecule has 5 nitrogen and oxygen atoms in total. The minimum absolute atomic E-state index is 0.327. The SMILES string of the molecule is CCC(O)CNc1cc(NC)nc(C2CC2)n1. The van der Waals surface area contributed by atoms with Crippen LogP contribution in [0.3, 0.4) is 0 Å². The van der Waals surface area contributed by atoms with E-state index in [-0.39, 0.29) is 6.10 Å². The first-order valence-corrected chi connectivity index (χ1v) is 6.21. The summed E-state index contributed by atoms with van der Waals surface area (Å²) in [4.78, 5) is 8.91. The Morgan fingerprint density at radius 3 is 2.71 bits per heavy atom. The number of anilines is 2. The number of nitrogens with zero attached hydrogens (tertiary/aromatic N) is 2. The van der Waals surface area contributed by atoms with Crippen LogP contribution in [0.1, 0.15) is 37.9 Å². The first-order valence-electron chi connectivity index (χ1n) is 6.21. The number of hydrogen-bond donors (Lipinski definition) is 3. The molecule has 1 aliphatic rings. The average molecular weight is 236 g/mol. The highest BCUT2D eigenvalue weighted by molar-refractivity contribution is 5.47. The fourth-order valence-electron chi connectivity index (χ4n) is 1.58.